The van der Waals surface area contributed by atoms with Crippen molar-refractivity contribution >= 4 is 28.3 Å². The molecule has 2 heterocycles. The summed E-state index contributed by atoms with van der Waals surface area (Å²) in [6, 6.07) is 11.7. The molecule has 1 aliphatic heterocycles. The lowest BCUT2D eigenvalue weighted by atomic mass is 10.1. The van der Waals surface area contributed by atoms with E-state index in [1.54, 1.807) is 23.1 Å². The smallest absolute Gasteiger partial charge is 0.259 e. The van der Waals surface area contributed by atoms with Crippen LogP contribution < -0.4 is 10.2 Å². The molecule has 2 N–H and O–H groups in total. The second kappa shape index (κ2) is 7.85. The summed E-state index contributed by atoms with van der Waals surface area (Å²) >= 11 is 0. The molecule has 1 aliphatic rings. The lowest BCUT2D eigenvalue weighted by Crippen LogP contribution is -2.29. The zero-order valence-electron chi connectivity index (χ0n) is 16.0. The molecule has 1 fully saturated rings. The highest BCUT2D eigenvalue weighted by atomic mass is 19.3. The number of benzene rings is 2. The van der Waals surface area contributed by atoms with Crippen molar-refractivity contribution in [3.63, 3.8) is 0 Å². The summed E-state index contributed by atoms with van der Waals surface area (Å²) in [5.41, 5.74) is 0.921. The summed E-state index contributed by atoms with van der Waals surface area (Å²) in [6.07, 6.45) is -0.316. The van der Waals surface area contributed by atoms with Crippen LogP contribution in [0.3, 0.4) is 0 Å². The van der Waals surface area contributed by atoms with Gasteiger partial charge in [0.25, 0.3) is 5.91 Å². The third-order valence-electron chi connectivity index (χ3n) is 5.13. The number of pyridine rings is 1. The van der Waals surface area contributed by atoms with E-state index >= 15 is 0 Å². The van der Waals surface area contributed by atoms with E-state index in [0.29, 0.717) is 23.1 Å². The third kappa shape index (κ3) is 4.32. The van der Waals surface area contributed by atoms with E-state index in [1.807, 2.05) is 0 Å². The van der Waals surface area contributed by atoms with Crippen LogP contribution in [0.15, 0.2) is 48.5 Å². The van der Waals surface area contributed by atoms with Crippen molar-refractivity contribution < 1.29 is 23.1 Å². The Kier molecular flexibility index (Phi) is 5.24. The highest BCUT2D eigenvalue weighted by molar-refractivity contribution is 6.09. The quantitative estimate of drug-likeness (QED) is 0.635. The minimum Gasteiger partial charge on any atom is -0.508 e. The largest absolute Gasteiger partial charge is 0.508 e. The SMILES string of the molecule is O=C(Nc1cccc(O)c1)c1cc2ccc(F)cc2nc1N1CCCC(F)(F)CC1. The first kappa shape index (κ1) is 20.0. The molecule has 0 radical (unpaired) electrons. The van der Waals surface area contributed by atoms with Crippen LogP contribution in [0, 0.1) is 5.82 Å². The van der Waals surface area contributed by atoms with Gasteiger partial charge in [0.2, 0.25) is 5.92 Å². The molecule has 0 bridgehead atoms. The van der Waals surface area contributed by atoms with Crippen molar-refractivity contribution in [3.8, 4) is 5.75 Å². The average Bonchev–Trinajstić information content (AvgIpc) is 2.87. The summed E-state index contributed by atoms with van der Waals surface area (Å²) in [4.78, 5) is 19.1. The molecule has 1 saturated heterocycles. The van der Waals surface area contributed by atoms with E-state index in [9.17, 15) is 23.1 Å². The van der Waals surface area contributed by atoms with Crippen molar-refractivity contribution in [1.82, 2.24) is 4.98 Å². The van der Waals surface area contributed by atoms with E-state index in [0.717, 1.165) is 0 Å². The monoisotopic (exact) mass is 415 g/mol. The highest BCUT2D eigenvalue weighted by Crippen LogP contribution is 2.32. The van der Waals surface area contributed by atoms with Crippen LogP contribution in [0.1, 0.15) is 29.6 Å². The maximum atomic E-state index is 13.8. The second-order valence-corrected chi connectivity index (χ2v) is 7.40. The fourth-order valence-corrected chi connectivity index (χ4v) is 3.60. The van der Waals surface area contributed by atoms with Crippen LogP contribution in [0.5, 0.6) is 5.75 Å². The van der Waals surface area contributed by atoms with Crippen LogP contribution in [-0.4, -0.2) is 35.0 Å². The van der Waals surface area contributed by atoms with E-state index in [-0.39, 0.29) is 42.9 Å². The Hall–Kier alpha value is -3.29. The predicted molar refractivity (Wildman–Crippen MR) is 109 cm³/mol. The average molecular weight is 415 g/mol. The van der Waals surface area contributed by atoms with Crippen molar-refractivity contribution in [2.24, 2.45) is 0 Å². The number of amides is 1. The Bertz CT molecular complexity index is 1100. The number of fused-ring (bicyclic) bond motifs is 1. The number of nitrogens with zero attached hydrogens (tertiary/aromatic N) is 2. The number of alkyl halides is 2. The molecular weight excluding hydrogens is 395 g/mol. The minimum atomic E-state index is -2.76. The number of aromatic hydroxyl groups is 1. The summed E-state index contributed by atoms with van der Waals surface area (Å²) in [6.45, 7) is 0.350. The number of hydrogen-bond donors (Lipinski definition) is 2. The summed E-state index contributed by atoms with van der Waals surface area (Å²) in [7, 11) is 0. The number of anilines is 2. The van der Waals surface area contributed by atoms with Gasteiger partial charge < -0.3 is 15.3 Å². The molecule has 8 heteroatoms. The van der Waals surface area contributed by atoms with Gasteiger partial charge in [0.05, 0.1) is 11.1 Å². The number of phenols is 1. The topological polar surface area (TPSA) is 65.5 Å². The number of hydrogen-bond acceptors (Lipinski definition) is 4. The van der Waals surface area contributed by atoms with Crippen LogP contribution in [-0.2, 0) is 0 Å². The van der Waals surface area contributed by atoms with E-state index in [1.165, 1.54) is 30.3 Å². The molecule has 3 aromatic rings. The third-order valence-corrected chi connectivity index (χ3v) is 5.13. The second-order valence-electron chi connectivity index (χ2n) is 7.40. The zero-order valence-corrected chi connectivity index (χ0v) is 16.0. The van der Waals surface area contributed by atoms with Gasteiger partial charge in [-0.25, -0.2) is 18.2 Å². The van der Waals surface area contributed by atoms with Gasteiger partial charge in [-0.05, 0) is 36.8 Å². The lowest BCUT2D eigenvalue weighted by molar-refractivity contribution is -0.0102. The Morgan fingerprint density at radius 2 is 1.93 bits per heavy atom. The molecule has 156 valence electrons. The van der Waals surface area contributed by atoms with Gasteiger partial charge in [-0.15, -0.1) is 0 Å². The minimum absolute atomic E-state index is 0.00474. The Balaban J connectivity index is 1.75. The number of nitrogens with one attached hydrogen (secondary N) is 1. The maximum Gasteiger partial charge on any atom is 0.259 e. The Morgan fingerprint density at radius 1 is 1.10 bits per heavy atom. The molecule has 0 unspecified atom stereocenters. The molecule has 0 atom stereocenters. The van der Waals surface area contributed by atoms with Gasteiger partial charge in [0.1, 0.15) is 17.4 Å². The highest BCUT2D eigenvalue weighted by Gasteiger charge is 2.33. The predicted octanol–water partition coefficient (Wildman–Crippen LogP) is 4.96. The zero-order chi connectivity index (χ0) is 21.3. The summed E-state index contributed by atoms with van der Waals surface area (Å²) in [5.74, 6) is -3.49. The van der Waals surface area contributed by atoms with Gasteiger partial charge in [0, 0.05) is 49.1 Å². The number of carbonyl (C=O) groups is 1. The van der Waals surface area contributed by atoms with Gasteiger partial charge in [0.15, 0.2) is 0 Å². The molecular formula is C22H20F3N3O2. The number of carbonyl (C=O) groups excluding carboxylic acids is 1. The summed E-state index contributed by atoms with van der Waals surface area (Å²) in [5, 5.41) is 12.9. The van der Waals surface area contributed by atoms with Crippen LogP contribution in [0.25, 0.3) is 10.9 Å². The van der Waals surface area contributed by atoms with E-state index < -0.39 is 17.6 Å². The van der Waals surface area contributed by atoms with Crippen LogP contribution in [0.2, 0.25) is 0 Å². The fraction of sp³-hybridized carbons (Fsp3) is 0.273. The molecule has 5 nitrogen and oxygen atoms in total. The van der Waals surface area contributed by atoms with Crippen molar-refractivity contribution in [2.45, 2.75) is 25.2 Å². The molecule has 0 aliphatic carbocycles. The van der Waals surface area contributed by atoms with Gasteiger partial charge in [-0.2, -0.15) is 0 Å². The number of phenolic OH excluding ortho intramolecular Hbond substituents is 1. The van der Waals surface area contributed by atoms with Crippen molar-refractivity contribution in [1.29, 1.82) is 0 Å². The Labute approximate surface area is 171 Å². The standard InChI is InChI=1S/C22H20F3N3O2/c23-15-6-5-14-11-18(21(30)26-16-3-1-4-17(29)13-16)20(27-19(14)12-15)28-9-2-7-22(24,25)8-10-28/h1,3-6,11-13,29H,2,7-10H2,(H,26,30). The number of aromatic nitrogens is 1. The first-order valence-corrected chi connectivity index (χ1v) is 9.64. The molecule has 0 spiro atoms. The molecule has 4 rings (SSSR count). The Morgan fingerprint density at radius 3 is 2.73 bits per heavy atom. The van der Waals surface area contributed by atoms with E-state index in [4.69, 9.17) is 0 Å². The first-order chi connectivity index (χ1) is 14.3. The normalized spacial score (nSPS) is 16.3. The molecule has 30 heavy (non-hydrogen) atoms. The summed E-state index contributed by atoms with van der Waals surface area (Å²) < 4.78 is 41.4. The number of halogens is 3. The van der Waals surface area contributed by atoms with Gasteiger partial charge in [-0.1, -0.05) is 6.07 Å². The first-order valence-electron chi connectivity index (χ1n) is 9.64. The fourth-order valence-electron chi connectivity index (χ4n) is 3.60. The van der Waals surface area contributed by atoms with Crippen molar-refractivity contribution in [3.05, 3.63) is 59.9 Å². The van der Waals surface area contributed by atoms with Gasteiger partial charge >= 0.3 is 0 Å². The number of rotatable bonds is 3. The molecule has 1 amide bonds. The van der Waals surface area contributed by atoms with Crippen molar-refractivity contribution in [2.75, 3.05) is 23.3 Å². The molecule has 0 saturated carbocycles. The van der Waals surface area contributed by atoms with E-state index in [2.05, 4.69) is 10.3 Å². The van der Waals surface area contributed by atoms with Crippen LogP contribution in [0.4, 0.5) is 24.7 Å². The lowest BCUT2D eigenvalue weighted by Gasteiger charge is -2.24. The molecule has 1 aromatic heterocycles. The van der Waals surface area contributed by atoms with Crippen LogP contribution >= 0.6 is 0 Å². The molecule has 2 aromatic carbocycles. The maximum absolute atomic E-state index is 13.8. The van der Waals surface area contributed by atoms with Gasteiger partial charge in [-0.3, -0.25) is 4.79 Å².